The van der Waals surface area contributed by atoms with Crippen molar-refractivity contribution in [2.75, 3.05) is 4.90 Å². The molecule has 1 heterocycles. The number of carbonyl (C=O) groups is 2. The number of fused-ring (bicyclic) bond motifs is 1. The second-order valence-corrected chi connectivity index (χ2v) is 6.61. The summed E-state index contributed by atoms with van der Waals surface area (Å²) in [5, 5.41) is 0.750. The zero-order valence-corrected chi connectivity index (χ0v) is 13.3. The van der Waals surface area contributed by atoms with Crippen molar-refractivity contribution in [2.45, 2.75) is 26.7 Å². The highest BCUT2D eigenvalue weighted by Gasteiger charge is 2.49. The topological polar surface area (TPSA) is 37.4 Å². The van der Waals surface area contributed by atoms with Gasteiger partial charge in [-0.15, -0.1) is 0 Å². The zero-order valence-electron chi connectivity index (χ0n) is 11.8. The molecule has 3 nitrogen and oxygen atoms in total. The van der Waals surface area contributed by atoms with Crippen molar-refractivity contribution in [3.8, 4) is 0 Å². The number of carbonyl (C=O) groups excluding carboxylic acids is 2. The molecule has 2 atom stereocenters. The molecule has 3 rings (SSSR count). The molecule has 0 aromatic heterocycles. The average Bonchev–Trinajstić information content (AvgIpc) is 2.66. The first-order chi connectivity index (χ1) is 9.90. The van der Waals surface area contributed by atoms with Crippen LogP contribution in [0.25, 0.3) is 0 Å². The summed E-state index contributed by atoms with van der Waals surface area (Å²) in [5.74, 6) is -0.739. The van der Waals surface area contributed by atoms with Crippen LogP contribution in [0.15, 0.2) is 29.3 Å². The van der Waals surface area contributed by atoms with Crippen LogP contribution in [0.3, 0.4) is 0 Å². The Morgan fingerprint density at radius 2 is 1.48 bits per heavy atom. The van der Waals surface area contributed by atoms with Gasteiger partial charge in [0.1, 0.15) is 0 Å². The minimum Gasteiger partial charge on any atom is -0.274 e. The second kappa shape index (κ2) is 5.15. The number of benzene rings is 1. The number of nitrogens with zero attached hydrogens (tertiary/aromatic N) is 1. The Kier molecular flexibility index (Phi) is 3.58. The van der Waals surface area contributed by atoms with Crippen molar-refractivity contribution >= 4 is 40.7 Å². The fraction of sp³-hybridized carbons (Fsp3) is 0.375. The maximum absolute atomic E-state index is 12.6. The minimum absolute atomic E-state index is 0.129. The quantitative estimate of drug-likeness (QED) is 0.573. The lowest BCUT2D eigenvalue weighted by molar-refractivity contribution is -0.122. The summed E-state index contributed by atoms with van der Waals surface area (Å²) in [6, 6.07) is 4.84. The van der Waals surface area contributed by atoms with Gasteiger partial charge in [-0.25, -0.2) is 4.90 Å². The molecule has 2 amide bonds. The first-order valence-electron chi connectivity index (χ1n) is 6.88. The van der Waals surface area contributed by atoms with Crippen molar-refractivity contribution in [3.63, 3.8) is 0 Å². The molecule has 0 unspecified atom stereocenters. The van der Waals surface area contributed by atoms with Crippen LogP contribution in [0, 0.1) is 11.8 Å². The molecule has 110 valence electrons. The van der Waals surface area contributed by atoms with E-state index in [0.717, 1.165) is 0 Å². The second-order valence-electron chi connectivity index (χ2n) is 5.79. The van der Waals surface area contributed by atoms with E-state index < -0.39 is 0 Å². The highest BCUT2D eigenvalue weighted by atomic mass is 35.5. The van der Waals surface area contributed by atoms with Crippen LogP contribution >= 0.6 is 23.2 Å². The molecule has 1 aliphatic carbocycles. The van der Waals surface area contributed by atoms with Crippen LogP contribution in [-0.2, 0) is 9.59 Å². The Hall–Kier alpha value is -1.32. The standard InChI is InChI=1S/C16H15Cl2NO2/c1-8-5-11-12(6-9(8)2)16(21)19(15(11)20)10-3-4-13(17)14(18)7-10/h3-4,7,11-12H,5-6H2,1-2H3/t11-,12+. The molecule has 2 aliphatic rings. The SMILES string of the molecule is CC1=C(C)C[C@H]2C(=O)N(c3ccc(Cl)c(Cl)c3)C(=O)[C@H]2C1. The van der Waals surface area contributed by atoms with Gasteiger partial charge < -0.3 is 0 Å². The number of allylic oxidation sites excluding steroid dienone is 2. The molecule has 0 N–H and O–H groups in total. The van der Waals surface area contributed by atoms with E-state index in [4.69, 9.17) is 23.2 Å². The minimum atomic E-state index is -0.240. The van der Waals surface area contributed by atoms with Crippen molar-refractivity contribution < 1.29 is 9.59 Å². The fourth-order valence-electron chi connectivity index (χ4n) is 3.13. The van der Waals surface area contributed by atoms with Gasteiger partial charge in [0.25, 0.3) is 0 Å². The van der Waals surface area contributed by atoms with Gasteiger partial charge in [-0.3, -0.25) is 9.59 Å². The summed E-state index contributed by atoms with van der Waals surface area (Å²) in [7, 11) is 0. The first-order valence-corrected chi connectivity index (χ1v) is 7.64. The summed E-state index contributed by atoms with van der Waals surface area (Å²) in [4.78, 5) is 26.5. The highest BCUT2D eigenvalue weighted by molar-refractivity contribution is 6.42. The van der Waals surface area contributed by atoms with Crippen molar-refractivity contribution in [3.05, 3.63) is 39.4 Å². The van der Waals surface area contributed by atoms with Gasteiger partial charge >= 0.3 is 0 Å². The highest BCUT2D eigenvalue weighted by Crippen LogP contribution is 2.42. The summed E-state index contributed by atoms with van der Waals surface area (Å²) >= 11 is 11.9. The normalized spacial score (nSPS) is 25.6. The number of amides is 2. The monoisotopic (exact) mass is 323 g/mol. The van der Waals surface area contributed by atoms with Crippen LogP contribution in [-0.4, -0.2) is 11.8 Å². The summed E-state index contributed by atoms with van der Waals surface area (Å²) in [5.41, 5.74) is 2.94. The lowest BCUT2D eigenvalue weighted by Crippen LogP contribution is -2.30. The number of anilines is 1. The summed E-state index contributed by atoms with van der Waals surface area (Å²) in [6.07, 6.45) is 1.33. The van der Waals surface area contributed by atoms with Gasteiger partial charge in [-0.1, -0.05) is 34.3 Å². The fourth-order valence-corrected chi connectivity index (χ4v) is 3.42. The molecule has 0 spiro atoms. The third-order valence-electron chi connectivity index (χ3n) is 4.50. The van der Waals surface area contributed by atoms with E-state index in [-0.39, 0.29) is 23.7 Å². The van der Waals surface area contributed by atoms with E-state index in [1.54, 1.807) is 18.2 Å². The van der Waals surface area contributed by atoms with Gasteiger partial charge in [-0.2, -0.15) is 0 Å². The number of halogens is 2. The van der Waals surface area contributed by atoms with Crippen molar-refractivity contribution in [1.29, 1.82) is 0 Å². The molecule has 1 aliphatic heterocycles. The van der Waals surface area contributed by atoms with Gasteiger partial charge in [0, 0.05) is 0 Å². The summed E-state index contributed by atoms with van der Waals surface area (Å²) < 4.78 is 0. The van der Waals surface area contributed by atoms with E-state index in [1.165, 1.54) is 16.0 Å². The molecule has 1 fully saturated rings. The first kappa shape index (κ1) is 14.6. The third-order valence-corrected chi connectivity index (χ3v) is 5.24. The molecule has 21 heavy (non-hydrogen) atoms. The maximum atomic E-state index is 12.6. The maximum Gasteiger partial charge on any atom is 0.238 e. The van der Waals surface area contributed by atoms with E-state index >= 15 is 0 Å². The van der Waals surface area contributed by atoms with Crippen LogP contribution in [0.2, 0.25) is 10.0 Å². The average molecular weight is 324 g/mol. The largest absolute Gasteiger partial charge is 0.274 e. The molecule has 1 aromatic rings. The van der Waals surface area contributed by atoms with Crippen LogP contribution in [0.4, 0.5) is 5.69 Å². The predicted octanol–water partition coefficient (Wildman–Crippen LogP) is 4.23. The predicted molar refractivity (Wildman–Crippen MR) is 83.5 cm³/mol. The molecule has 1 saturated heterocycles. The van der Waals surface area contributed by atoms with E-state index in [9.17, 15) is 9.59 Å². The smallest absolute Gasteiger partial charge is 0.238 e. The van der Waals surface area contributed by atoms with Gasteiger partial charge in [0.15, 0.2) is 0 Å². The Labute approximate surface area is 133 Å². The lowest BCUT2D eigenvalue weighted by Gasteiger charge is -2.23. The van der Waals surface area contributed by atoms with Crippen LogP contribution < -0.4 is 4.90 Å². The molecular weight excluding hydrogens is 309 g/mol. The third kappa shape index (κ3) is 2.29. The Morgan fingerprint density at radius 3 is 1.95 bits per heavy atom. The molecule has 0 saturated carbocycles. The van der Waals surface area contributed by atoms with Gasteiger partial charge in [-0.05, 0) is 44.9 Å². The van der Waals surface area contributed by atoms with Crippen LogP contribution in [0.1, 0.15) is 26.7 Å². The van der Waals surface area contributed by atoms with Crippen molar-refractivity contribution in [2.24, 2.45) is 11.8 Å². The Bertz CT molecular complexity index is 649. The number of hydrogen-bond acceptors (Lipinski definition) is 2. The Balaban J connectivity index is 1.98. The van der Waals surface area contributed by atoms with E-state index in [1.807, 2.05) is 13.8 Å². The van der Waals surface area contributed by atoms with E-state index in [0.29, 0.717) is 28.6 Å². The lowest BCUT2D eigenvalue weighted by atomic mass is 9.78. The number of imide groups is 1. The van der Waals surface area contributed by atoms with E-state index in [2.05, 4.69) is 0 Å². The Morgan fingerprint density at radius 1 is 0.952 bits per heavy atom. The molecule has 1 aromatic carbocycles. The molecular formula is C16H15Cl2NO2. The zero-order chi connectivity index (χ0) is 15.3. The van der Waals surface area contributed by atoms with Crippen molar-refractivity contribution in [1.82, 2.24) is 0 Å². The van der Waals surface area contributed by atoms with Gasteiger partial charge in [0.2, 0.25) is 11.8 Å². The molecule has 0 radical (unpaired) electrons. The van der Waals surface area contributed by atoms with Gasteiger partial charge in [0.05, 0.1) is 27.6 Å². The number of rotatable bonds is 1. The van der Waals surface area contributed by atoms with Crippen LogP contribution in [0.5, 0.6) is 0 Å². The number of hydrogen-bond donors (Lipinski definition) is 0. The molecule has 5 heteroatoms. The molecule has 0 bridgehead atoms. The summed E-state index contributed by atoms with van der Waals surface area (Å²) in [6.45, 7) is 4.07.